The van der Waals surface area contributed by atoms with Crippen LogP contribution in [0.5, 0.6) is 0 Å². The normalized spacial score (nSPS) is 12.7. The molecular formula is C17H14F6. The fourth-order valence-corrected chi connectivity index (χ4v) is 2.27. The quantitative estimate of drug-likeness (QED) is 0.550. The van der Waals surface area contributed by atoms with Crippen molar-refractivity contribution in [1.29, 1.82) is 0 Å². The molecule has 6 heteroatoms. The van der Waals surface area contributed by atoms with E-state index in [1.807, 2.05) is 0 Å². The van der Waals surface area contributed by atoms with Gasteiger partial charge in [-0.25, -0.2) is 0 Å². The molecule has 0 aliphatic carbocycles. The minimum Gasteiger partial charge on any atom is -0.166 e. The molecule has 0 unspecified atom stereocenters. The Morgan fingerprint density at radius 1 is 0.783 bits per heavy atom. The Balaban J connectivity index is 2.64. The van der Waals surface area contributed by atoms with Crippen LogP contribution in [0.15, 0.2) is 42.5 Å². The van der Waals surface area contributed by atoms with Gasteiger partial charge in [0, 0.05) is 0 Å². The van der Waals surface area contributed by atoms with E-state index in [2.05, 4.69) is 0 Å². The van der Waals surface area contributed by atoms with Gasteiger partial charge >= 0.3 is 12.4 Å². The van der Waals surface area contributed by atoms with Crippen LogP contribution >= 0.6 is 0 Å². The van der Waals surface area contributed by atoms with Crippen LogP contribution in [0.2, 0.25) is 0 Å². The second kappa shape index (κ2) is 5.91. The van der Waals surface area contributed by atoms with E-state index >= 15 is 0 Å². The van der Waals surface area contributed by atoms with Crippen LogP contribution in [0.3, 0.4) is 0 Å². The molecule has 124 valence electrons. The first kappa shape index (κ1) is 17.4. The fourth-order valence-electron chi connectivity index (χ4n) is 2.27. The molecule has 0 heterocycles. The van der Waals surface area contributed by atoms with Crippen molar-refractivity contribution in [1.82, 2.24) is 0 Å². The molecule has 0 atom stereocenters. The molecule has 0 bridgehead atoms. The number of rotatable bonds is 2. The highest BCUT2D eigenvalue weighted by atomic mass is 19.4. The molecule has 0 spiro atoms. The first-order chi connectivity index (χ1) is 10.5. The second-order valence-electron chi connectivity index (χ2n) is 5.54. The van der Waals surface area contributed by atoms with Crippen molar-refractivity contribution in [2.75, 3.05) is 0 Å². The average molecular weight is 332 g/mol. The zero-order valence-electron chi connectivity index (χ0n) is 12.4. The summed E-state index contributed by atoms with van der Waals surface area (Å²) in [4.78, 5) is 0. The molecule has 0 saturated heterocycles. The molecule has 0 radical (unpaired) electrons. The highest BCUT2D eigenvalue weighted by Gasteiger charge is 2.35. The van der Waals surface area contributed by atoms with Crippen molar-refractivity contribution in [2.24, 2.45) is 0 Å². The molecule has 0 amide bonds. The van der Waals surface area contributed by atoms with Crippen molar-refractivity contribution in [3.05, 3.63) is 59.2 Å². The third-order valence-corrected chi connectivity index (χ3v) is 3.52. The molecular weight excluding hydrogens is 318 g/mol. The third-order valence-electron chi connectivity index (χ3n) is 3.52. The standard InChI is InChI=1S/C17H14F6/c1-10(2)11-6-7-14(15(9-11)17(21,22)23)12-4-3-5-13(8-12)16(18,19)20/h3-10H,1-2H3. The first-order valence-corrected chi connectivity index (χ1v) is 6.89. The van der Waals surface area contributed by atoms with Crippen LogP contribution in [0, 0.1) is 0 Å². The molecule has 0 aliphatic heterocycles. The third kappa shape index (κ3) is 3.86. The summed E-state index contributed by atoms with van der Waals surface area (Å²) < 4.78 is 78.2. The Kier molecular flexibility index (Phi) is 4.46. The van der Waals surface area contributed by atoms with Gasteiger partial charge in [-0.3, -0.25) is 0 Å². The molecule has 0 aliphatic rings. The minimum atomic E-state index is -4.64. The molecule has 2 aromatic rings. The zero-order valence-corrected chi connectivity index (χ0v) is 12.4. The van der Waals surface area contributed by atoms with Crippen LogP contribution in [-0.2, 0) is 12.4 Å². The topological polar surface area (TPSA) is 0 Å². The van der Waals surface area contributed by atoms with E-state index in [0.717, 1.165) is 24.3 Å². The monoisotopic (exact) mass is 332 g/mol. The van der Waals surface area contributed by atoms with E-state index in [-0.39, 0.29) is 17.0 Å². The predicted molar refractivity (Wildman–Crippen MR) is 76.0 cm³/mol. The van der Waals surface area contributed by atoms with Crippen molar-refractivity contribution in [3.8, 4) is 11.1 Å². The largest absolute Gasteiger partial charge is 0.417 e. The summed E-state index contributed by atoms with van der Waals surface area (Å²) in [5, 5.41) is 0. The van der Waals surface area contributed by atoms with Crippen LogP contribution in [-0.4, -0.2) is 0 Å². The van der Waals surface area contributed by atoms with Gasteiger partial charge in [0.05, 0.1) is 11.1 Å². The Hall–Kier alpha value is -1.98. The van der Waals surface area contributed by atoms with Gasteiger partial charge in [-0.15, -0.1) is 0 Å². The van der Waals surface area contributed by atoms with Crippen LogP contribution in [0.25, 0.3) is 11.1 Å². The van der Waals surface area contributed by atoms with Crippen LogP contribution < -0.4 is 0 Å². The lowest BCUT2D eigenvalue weighted by atomic mass is 9.92. The Morgan fingerprint density at radius 2 is 1.43 bits per heavy atom. The SMILES string of the molecule is CC(C)c1ccc(-c2cccc(C(F)(F)F)c2)c(C(F)(F)F)c1. The van der Waals surface area contributed by atoms with E-state index in [9.17, 15) is 26.3 Å². The zero-order chi connectivity index (χ0) is 17.4. The van der Waals surface area contributed by atoms with Gasteiger partial charge in [0.1, 0.15) is 0 Å². The number of alkyl halides is 6. The van der Waals surface area contributed by atoms with E-state index in [1.165, 1.54) is 18.2 Å². The summed E-state index contributed by atoms with van der Waals surface area (Å²) in [6, 6.07) is 7.66. The highest BCUT2D eigenvalue weighted by Crippen LogP contribution is 2.40. The highest BCUT2D eigenvalue weighted by molar-refractivity contribution is 5.69. The number of halogens is 6. The molecule has 0 nitrogen and oxygen atoms in total. The second-order valence-corrected chi connectivity index (χ2v) is 5.54. The van der Waals surface area contributed by atoms with E-state index in [0.29, 0.717) is 5.56 Å². The lowest BCUT2D eigenvalue weighted by Crippen LogP contribution is -2.09. The summed E-state index contributed by atoms with van der Waals surface area (Å²) >= 11 is 0. The Bertz CT molecular complexity index is 695. The number of hydrogen-bond acceptors (Lipinski definition) is 0. The van der Waals surface area contributed by atoms with Crippen molar-refractivity contribution in [3.63, 3.8) is 0 Å². The summed E-state index contributed by atoms with van der Waals surface area (Å²) in [5.41, 5.74) is -1.79. The van der Waals surface area contributed by atoms with E-state index in [1.54, 1.807) is 13.8 Å². The summed E-state index contributed by atoms with van der Waals surface area (Å²) in [6.45, 7) is 3.50. The van der Waals surface area contributed by atoms with Crippen molar-refractivity contribution >= 4 is 0 Å². The average Bonchev–Trinajstić information content (AvgIpc) is 2.45. The van der Waals surface area contributed by atoms with Gasteiger partial charge < -0.3 is 0 Å². The first-order valence-electron chi connectivity index (χ1n) is 6.89. The van der Waals surface area contributed by atoms with Gasteiger partial charge in [0.25, 0.3) is 0 Å². The maximum Gasteiger partial charge on any atom is 0.417 e. The lowest BCUT2D eigenvalue weighted by Gasteiger charge is -2.17. The Labute approximate surface area is 129 Å². The van der Waals surface area contributed by atoms with Crippen LogP contribution in [0.1, 0.15) is 36.5 Å². The molecule has 0 N–H and O–H groups in total. The van der Waals surface area contributed by atoms with Gasteiger partial charge in [-0.05, 0) is 40.8 Å². The van der Waals surface area contributed by atoms with E-state index in [4.69, 9.17) is 0 Å². The summed E-state index contributed by atoms with van der Waals surface area (Å²) in [7, 11) is 0. The molecule has 0 saturated carbocycles. The number of hydrogen-bond donors (Lipinski definition) is 0. The van der Waals surface area contributed by atoms with Gasteiger partial charge in [-0.1, -0.05) is 38.1 Å². The predicted octanol–water partition coefficient (Wildman–Crippen LogP) is 6.51. The number of benzene rings is 2. The lowest BCUT2D eigenvalue weighted by molar-refractivity contribution is -0.137. The van der Waals surface area contributed by atoms with Gasteiger partial charge in [0.2, 0.25) is 0 Å². The summed E-state index contributed by atoms with van der Waals surface area (Å²) in [5.74, 6) is -0.119. The van der Waals surface area contributed by atoms with Crippen LogP contribution in [0.4, 0.5) is 26.3 Å². The van der Waals surface area contributed by atoms with Crippen molar-refractivity contribution < 1.29 is 26.3 Å². The Morgan fingerprint density at radius 3 is 1.96 bits per heavy atom. The molecule has 2 aromatic carbocycles. The smallest absolute Gasteiger partial charge is 0.166 e. The maximum absolute atomic E-state index is 13.3. The molecule has 0 aromatic heterocycles. The van der Waals surface area contributed by atoms with Gasteiger partial charge in [-0.2, -0.15) is 26.3 Å². The van der Waals surface area contributed by atoms with Gasteiger partial charge in [0.15, 0.2) is 0 Å². The fraction of sp³-hybridized carbons (Fsp3) is 0.294. The molecule has 2 rings (SSSR count). The molecule has 23 heavy (non-hydrogen) atoms. The summed E-state index contributed by atoms with van der Waals surface area (Å²) in [6.07, 6.45) is -9.25. The van der Waals surface area contributed by atoms with E-state index < -0.39 is 23.5 Å². The van der Waals surface area contributed by atoms with Crippen molar-refractivity contribution in [2.45, 2.75) is 32.1 Å². The maximum atomic E-state index is 13.3. The minimum absolute atomic E-state index is 0.109. The molecule has 0 fully saturated rings.